The summed E-state index contributed by atoms with van der Waals surface area (Å²) in [7, 11) is 0. The van der Waals surface area contributed by atoms with Gasteiger partial charge in [-0.25, -0.2) is 0 Å². The van der Waals surface area contributed by atoms with Crippen molar-refractivity contribution in [3.63, 3.8) is 0 Å². The number of benzene rings is 3. The van der Waals surface area contributed by atoms with Crippen molar-refractivity contribution in [2.24, 2.45) is 0 Å². The van der Waals surface area contributed by atoms with Gasteiger partial charge in [-0.05, 0) is 74.8 Å². The number of halogens is 2. The Morgan fingerprint density at radius 2 is 1.61 bits per heavy atom. The zero-order valence-electron chi connectivity index (χ0n) is 14.3. The van der Waals surface area contributed by atoms with Gasteiger partial charge in [0.1, 0.15) is 0 Å². The summed E-state index contributed by atoms with van der Waals surface area (Å²) in [4.78, 5) is 12.0. The van der Waals surface area contributed by atoms with E-state index in [-0.39, 0.29) is 18.1 Å². The fourth-order valence-corrected chi connectivity index (χ4v) is 3.27. The van der Waals surface area contributed by atoms with Crippen molar-refractivity contribution in [2.75, 3.05) is 0 Å². The molecule has 1 aromatic heterocycles. The van der Waals surface area contributed by atoms with Crippen molar-refractivity contribution < 1.29 is 4.92 Å². The maximum Gasteiger partial charge on any atom is 0.269 e. The van der Waals surface area contributed by atoms with Crippen LogP contribution in [-0.4, -0.2) is 25.1 Å². The number of aromatic nitrogens is 4. The normalized spacial score (nSPS) is 10.3. The SMILES string of the molecule is Cl.O=[N+]([O-])c1ccc(-c2cccc(-n3ncnn3)c2-c2ccc(I)cc2)cc1. The summed E-state index contributed by atoms with van der Waals surface area (Å²) in [6.45, 7) is 0. The van der Waals surface area contributed by atoms with Crippen LogP contribution in [0, 0.1) is 13.7 Å². The van der Waals surface area contributed by atoms with Gasteiger partial charge < -0.3 is 0 Å². The van der Waals surface area contributed by atoms with Gasteiger partial charge in [0.05, 0.1) is 10.6 Å². The molecule has 0 spiro atoms. The van der Waals surface area contributed by atoms with Crippen LogP contribution in [0.2, 0.25) is 0 Å². The van der Waals surface area contributed by atoms with Gasteiger partial charge >= 0.3 is 0 Å². The number of nitrogens with zero attached hydrogens (tertiary/aromatic N) is 5. The molecule has 4 rings (SSSR count). The first-order valence-electron chi connectivity index (χ1n) is 8.00. The van der Waals surface area contributed by atoms with Gasteiger partial charge in [0.25, 0.3) is 5.69 Å². The Bertz CT molecular complexity index is 1100. The highest BCUT2D eigenvalue weighted by Gasteiger charge is 2.16. The average Bonchev–Trinajstić information content (AvgIpc) is 3.23. The number of hydrogen-bond acceptors (Lipinski definition) is 5. The van der Waals surface area contributed by atoms with Crippen LogP contribution in [0.3, 0.4) is 0 Å². The maximum atomic E-state index is 11.0. The van der Waals surface area contributed by atoms with Gasteiger partial charge in [-0.15, -0.1) is 27.4 Å². The highest BCUT2D eigenvalue weighted by atomic mass is 127. The molecule has 9 heteroatoms. The van der Waals surface area contributed by atoms with E-state index in [0.717, 1.165) is 31.5 Å². The molecule has 3 aromatic carbocycles. The fourth-order valence-electron chi connectivity index (χ4n) is 2.91. The first-order valence-corrected chi connectivity index (χ1v) is 9.08. The van der Waals surface area contributed by atoms with E-state index >= 15 is 0 Å². The van der Waals surface area contributed by atoms with Crippen LogP contribution in [0.25, 0.3) is 27.9 Å². The molecule has 0 atom stereocenters. The second-order valence-corrected chi connectivity index (χ2v) is 6.98. The molecule has 0 N–H and O–H groups in total. The minimum Gasteiger partial charge on any atom is -0.258 e. The Balaban J connectivity index is 0.00000225. The topological polar surface area (TPSA) is 86.7 Å². The largest absolute Gasteiger partial charge is 0.269 e. The lowest BCUT2D eigenvalue weighted by Gasteiger charge is -2.14. The van der Waals surface area contributed by atoms with Crippen LogP contribution in [0.15, 0.2) is 73.1 Å². The van der Waals surface area contributed by atoms with Crippen molar-refractivity contribution in [1.82, 2.24) is 20.2 Å². The van der Waals surface area contributed by atoms with E-state index in [1.165, 1.54) is 23.3 Å². The molecule has 7 nitrogen and oxygen atoms in total. The Morgan fingerprint density at radius 3 is 2.21 bits per heavy atom. The maximum absolute atomic E-state index is 11.0. The van der Waals surface area contributed by atoms with Crippen LogP contribution in [-0.2, 0) is 0 Å². The summed E-state index contributed by atoms with van der Waals surface area (Å²) in [6.07, 6.45) is 1.39. The van der Waals surface area contributed by atoms with E-state index < -0.39 is 4.92 Å². The minimum atomic E-state index is -0.403. The third-order valence-electron chi connectivity index (χ3n) is 4.13. The fraction of sp³-hybridized carbons (Fsp3) is 0. The molecule has 140 valence electrons. The van der Waals surface area contributed by atoms with Crippen molar-refractivity contribution >= 4 is 40.7 Å². The highest BCUT2D eigenvalue weighted by Crippen LogP contribution is 2.37. The molecule has 4 aromatic rings. The van der Waals surface area contributed by atoms with Crippen LogP contribution >= 0.6 is 35.0 Å². The molecule has 0 aliphatic heterocycles. The third-order valence-corrected chi connectivity index (χ3v) is 4.85. The first kappa shape index (κ1) is 19.9. The monoisotopic (exact) mass is 505 g/mol. The molecule has 0 aliphatic carbocycles. The second kappa shape index (κ2) is 8.44. The molecule has 0 amide bonds. The molecule has 0 radical (unpaired) electrons. The van der Waals surface area contributed by atoms with Crippen LogP contribution in [0.5, 0.6) is 0 Å². The van der Waals surface area contributed by atoms with E-state index in [9.17, 15) is 10.1 Å². The van der Waals surface area contributed by atoms with Crippen molar-refractivity contribution in [3.8, 4) is 27.9 Å². The van der Waals surface area contributed by atoms with E-state index in [4.69, 9.17) is 0 Å². The Hall–Kier alpha value is -2.85. The predicted molar refractivity (Wildman–Crippen MR) is 117 cm³/mol. The van der Waals surface area contributed by atoms with Gasteiger partial charge in [0.15, 0.2) is 6.33 Å². The molecule has 0 saturated heterocycles. The lowest BCUT2D eigenvalue weighted by atomic mass is 9.93. The lowest BCUT2D eigenvalue weighted by molar-refractivity contribution is -0.384. The third kappa shape index (κ3) is 3.87. The average molecular weight is 506 g/mol. The van der Waals surface area contributed by atoms with Gasteiger partial charge in [0, 0.05) is 21.3 Å². The zero-order valence-corrected chi connectivity index (χ0v) is 17.2. The van der Waals surface area contributed by atoms with Crippen LogP contribution < -0.4 is 0 Å². The minimum absolute atomic E-state index is 0. The molecule has 1 heterocycles. The summed E-state index contributed by atoms with van der Waals surface area (Å²) in [6, 6.07) is 20.5. The number of nitro groups is 1. The Labute approximate surface area is 180 Å². The second-order valence-electron chi connectivity index (χ2n) is 5.74. The first-order chi connectivity index (χ1) is 13.1. The van der Waals surface area contributed by atoms with Crippen molar-refractivity contribution in [1.29, 1.82) is 0 Å². The van der Waals surface area contributed by atoms with E-state index in [2.05, 4.69) is 38.0 Å². The summed E-state index contributed by atoms with van der Waals surface area (Å²) in [5.74, 6) is 0. The number of hydrogen-bond donors (Lipinski definition) is 0. The van der Waals surface area contributed by atoms with Crippen LogP contribution in [0.1, 0.15) is 0 Å². The van der Waals surface area contributed by atoms with Gasteiger partial charge in [-0.1, -0.05) is 24.3 Å². The van der Waals surface area contributed by atoms with Gasteiger partial charge in [-0.3, -0.25) is 10.1 Å². The van der Waals surface area contributed by atoms with E-state index in [1.54, 1.807) is 12.1 Å². The Morgan fingerprint density at radius 1 is 0.929 bits per heavy atom. The van der Waals surface area contributed by atoms with E-state index in [1.807, 2.05) is 42.5 Å². The molecule has 0 saturated carbocycles. The predicted octanol–water partition coefficient (Wildman–Crippen LogP) is 4.93. The molecule has 0 fully saturated rings. The summed E-state index contributed by atoms with van der Waals surface area (Å²) >= 11 is 2.26. The van der Waals surface area contributed by atoms with Gasteiger partial charge in [0.2, 0.25) is 0 Å². The number of nitro benzene ring substituents is 1. The summed E-state index contributed by atoms with van der Waals surface area (Å²) in [5, 5.41) is 23.0. The standard InChI is InChI=1S/C19H12IN5O2.ClH/c20-15-8-4-14(5-9-15)19-17(13-6-10-16(11-7-13)25(26)27)2-1-3-18(19)24-22-12-21-23-24;/h1-12H;1H. The van der Waals surface area contributed by atoms with Crippen molar-refractivity contribution in [2.45, 2.75) is 0 Å². The number of non-ortho nitro benzene ring substituents is 1. The number of rotatable bonds is 4. The quantitative estimate of drug-likeness (QED) is 0.223. The molecule has 0 unspecified atom stereocenters. The molecule has 0 bridgehead atoms. The van der Waals surface area contributed by atoms with Gasteiger partial charge in [-0.2, -0.15) is 0 Å². The summed E-state index contributed by atoms with van der Waals surface area (Å²) in [5.41, 5.74) is 4.57. The highest BCUT2D eigenvalue weighted by molar-refractivity contribution is 14.1. The smallest absolute Gasteiger partial charge is 0.258 e. The number of tetrazole rings is 1. The van der Waals surface area contributed by atoms with Crippen LogP contribution in [0.4, 0.5) is 5.69 Å². The molecule has 0 aliphatic rings. The molecule has 28 heavy (non-hydrogen) atoms. The summed E-state index contributed by atoms with van der Waals surface area (Å²) < 4.78 is 1.13. The van der Waals surface area contributed by atoms with E-state index in [0.29, 0.717) is 0 Å². The lowest BCUT2D eigenvalue weighted by Crippen LogP contribution is -2.03. The zero-order chi connectivity index (χ0) is 18.8. The Kier molecular flexibility index (Phi) is 6.00. The molecular weight excluding hydrogens is 493 g/mol. The van der Waals surface area contributed by atoms with Crippen molar-refractivity contribution in [3.05, 3.63) is 86.7 Å². The molecular formula is C19H13ClIN5O2.